The van der Waals surface area contributed by atoms with Gasteiger partial charge >= 0.3 is 5.97 Å². The van der Waals surface area contributed by atoms with Gasteiger partial charge in [0.15, 0.2) is 0 Å². The molecule has 0 saturated carbocycles. The van der Waals surface area contributed by atoms with Gasteiger partial charge < -0.3 is 26.8 Å². The summed E-state index contributed by atoms with van der Waals surface area (Å²) in [5, 5.41) is 11.7. The van der Waals surface area contributed by atoms with Gasteiger partial charge in [-0.05, 0) is 25.2 Å². The van der Waals surface area contributed by atoms with Gasteiger partial charge in [0.1, 0.15) is 12.1 Å². The summed E-state index contributed by atoms with van der Waals surface area (Å²) in [7, 11) is 0. The predicted octanol–water partition coefficient (Wildman–Crippen LogP) is -1.20. The van der Waals surface area contributed by atoms with Crippen LogP contribution >= 0.6 is 0 Å². The normalized spacial score (nSPS) is 19.8. The summed E-state index contributed by atoms with van der Waals surface area (Å²) < 4.78 is 0. The molecule has 136 valence electrons. The average molecular weight is 342 g/mol. The Labute approximate surface area is 140 Å². The Morgan fingerprint density at radius 2 is 1.92 bits per heavy atom. The number of carbonyl (C=O) groups is 4. The fraction of sp³-hybridized carbons (Fsp3) is 0.733. The Kier molecular flexibility index (Phi) is 7.15. The number of hydrogen-bond donors (Lipinski definition) is 4. The zero-order chi connectivity index (χ0) is 18.4. The number of likely N-dealkylation sites (tertiary alicyclic amines) is 1. The van der Waals surface area contributed by atoms with E-state index in [1.54, 1.807) is 0 Å². The van der Waals surface area contributed by atoms with E-state index in [4.69, 9.17) is 11.5 Å². The van der Waals surface area contributed by atoms with E-state index in [-0.39, 0.29) is 12.3 Å². The molecule has 3 atom stereocenters. The zero-order valence-corrected chi connectivity index (χ0v) is 14.0. The first-order valence-corrected chi connectivity index (χ1v) is 8.01. The van der Waals surface area contributed by atoms with Crippen molar-refractivity contribution in [3.05, 3.63) is 0 Å². The van der Waals surface area contributed by atoms with Crippen LogP contribution in [0.15, 0.2) is 0 Å². The van der Waals surface area contributed by atoms with E-state index in [0.717, 1.165) is 0 Å². The second-order valence-electron chi connectivity index (χ2n) is 6.50. The van der Waals surface area contributed by atoms with Crippen molar-refractivity contribution in [2.24, 2.45) is 17.4 Å². The number of amides is 3. The van der Waals surface area contributed by atoms with Gasteiger partial charge in [0.2, 0.25) is 17.7 Å². The molecule has 1 aliphatic heterocycles. The molecule has 0 aromatic heterocycles. The van der Waals surface area contributed by atoms with E-state index in [9.17, 15) is 24.3 Å². The Bertz CT molecular complexity index is 508. The van der Waals surface area contributed by atoms with Crippen molar-refractivity contribution in [3.8, 4) is 0 Å². The van der Waals surface area contributed by atoms with E-state index < -0.39 is 41.8 Å². The standard InChI is InChI=1S/C15H26N4O5/c1-8(2)6-10(18-13(21)9(16)7-12(17)20)14(22)19-5-3-4-11(19)15(23)24/h8-11H,3-7,16H2,1-2H3,(H2,17,20)(H,18,21)(H,23,24)/t9-,10-,11+/m0/s1. The highest BCUT2D eigenvalue weighted by Crippen LogP contribution is 2.20. The van der Waals surface area contributed by atoms with E-state index in [1.165, 1.54) is 4.90 Å². The van der Waals surface area contributed by atoms with Gasteiger partial charge in [-0.1, -0.05) is 13.8 Å². The average Bonchev–Trinajstić information content (AvgIpc) is 2.93. The van der Waals surface area contributed by atoms with Crippen LogP contribution in [0, 0.1) is 5.92 Å². The van der Waals surface area contributed by atoms with Gasteiger partial charge in [-0.25, -0.2) is 4.79 Å². The summed E-state index contributed by atoms with van der Waals surface area (Å²) in [5.41, 5.74) is 10.6. The third kappa shape index (κ3) is 5.48. The summed E-state index contributed by atoms with van der Waals surface area (Å²) in [6.45, 7) is 4.11. The maximum absolute atomic E-state index is 12.7. The third-order valence-electron chi connectivity index (χ3n) is 3.90. The van der Waals surface area contributed by atoms with Crippen LogP contribution < -0.4 is 16.8 Å². The number of carboxylic acid groups (broad SMARTS) is 1. The highest BCUT2D eigenvalue weighted by atomic mass is 16.4. The largest absolute Gasteiger partial charge is 0.480 e. The van der Waals surface area contributed by atoms with E-state index in [1.807, 2.05) is 13.8 Å². The first kappa shape index (κ1) is 19.9. The number of aliphatic carboxylic acids is 1. The second kappa shape index (κ2) is 8.62. The van der Waals surface area contributed by atoms with Crippen molar-refractivity contribution in [1.29, 1.82) is 0 Å². The number of nitrogens with one attached hydrogen (secondary N) is 1. The van der Waals surface area contributed by atoms with Gasteiger partial charge in [-0.15, -0.1) is 0 Å². The van der Waals surface area contributed by atoms with Crippen molar-refractivity contribution in [2.45, 2.75) is 57.7 Å². The third-order valence-corrected chi connectivity index (χ3v) is 3.90. The lowest BCUT2D eigenvalue weighted by Crippen LogP contribution is -2.55. The molecular formula is C15H26N4O5. The minimum absolute atomic E-state index is 0.0949. The lowest BCUT2D eigenvalue weighted by atomic mass is 10.0. The van der Waals surface area contributed by atoms with Crippen molar-refractivity contribution < 1.29 is 24.3 Å². The summed E-state index contributed by atoms with van der Waals surface area (Å²) in [4.78, 5) is 48.2. The predicted molar refractivity (Wildman–Crippen MR) is 85.5 cm³/mol. The molecule has 0 aliphatic carbocycles. The van der Waals surface area contributed by atoms with Crippen LogP contribution in [-0.4, -0.2) is 58.4 Å². The number of nitrogens with zero attached hydrogens (tertiary/aromatic N) is 1. The van der Waals surface area contributed by atoms with Crippen LogP contribution in [0.3, 0.4) is 0 Å². The summed E-state index contributed by atoms with van der Waals surface area (Å²) >= 11 is 0. The van der Waals surface area contributed by atoms with Crippen LogP contribution in [0.5, 0.6) is 0 Å². The first-order chi connectivity index (χ1) is 11.1. The quantitative estimate of drug-likeness (QED) is 0.434. The van der Waals surface area contributed by atoms with Crippen LogP contribution in [0.1, 0.15) is 39.5 Å². The Morgan fingerprint density at radius 3 is 2.42 bits per heavy atom. The van der Waals surface area contributed by atoms with E-state index in [0.29, 0.717) is 25.8 Å². The smallest absolute Gasteiger partial charge is 0.326 e. The SMILES string of the molecule is CC(C)C[C@H](NC(=O)[C@@H](N)CC(N)=O)C(=O)N1CCC[C@@H]1C(=O)O. The number of rotatable bonds is 8. The molecule has 24 heavy (non-hydrogen) atoms. The summed E-state index contributed by atoms with van der Waals surface area (Å²) in [6.07, 6.45) is 1.02. The zero-order valence-electron chi connectivity index (χ0n) is 14.0. The highest BCUT2D eigenvalue weighted by Gasteiger charge is 2.38. The van der Waals surface area contributed by atoms with Gasteiger partial charge in [-0.3, -0.25) is 14.4 Å². The number of carbonyl (C=O) groups excluding carboxylic acids is 3. The maximum Gasteiger partial charge on any atom is 0.326 e. The molecule has 1 saturated heterocycles. The Hall–Kier alpha value is -2.16. The lowest BCUT2D eigenvalue weighted by Gasteiger charge is -2.28. The molecule has 1 heterocycles. The molecule has 0 aromatic carbocycles. The van der Waals surface area contributed by atoms with Gasteiger partial charge in [0, 0.05) is 6.54 Å². The molecule has 1 rings (SSSR count). The van der Waals surface area contributed by atoms with E-state index >= 15 is 0 Å². The molecule has 0 unspecified atom stereocenters. The monoisotopic (exact) mass is 342 g/mol. The van der Waals surface area contributed by atoms with Gasteiger partial charge in [0.25, 0.3) is 0 Å². The van der Waals surface area contributed by atoms with Crippen molar-refractivity contribution in [2.75, 3.05) is 6.54 Å². The van der Waals surface area contributed by atoms with Crippen LogP contribution in [0.2, 0.25) is 0 Å². The number of carboxylic acids is 1. The highest BCUT2D eigenvalue weighted by molar-refractivity contribution is 5.93. The number of nitrogens with two attached hydrogens (primary N) is 2. The maximum atomic E-state index is 12.7. The number of hydrogen-bond acceptors (Lipinski definition) is 5. The second-order valence-corrected chi connectivity index (χ2v) is 6.50. The van der Waals surface area contributed by atoms with Gasteiger partial charge in [-0.2, -0.15) is 0 Å². The molecule has 9 nitrogen and oxygen atoms in total. The molecular weight excluding hydrogens is 316 g/mol. The lowest BCUT2D eigenvalue weighted by molar-refractivity contribution is -0.149. The number of primary amides is 1. The molecule has 3 amide bonds. The topological polar surface area (TPSA) is 156 Å². The Balaban J connectivity index is 2.84. The molecule has 6 N–H and O–H groups in total. The molecule has 1 aliphatic rings. The summed E-state index contributed by atoms with van der Waals surface area (Å²) in [6, 6.07) is -2.89. The van der Waals surface area contributed by atoms with Crippen molar-refractivity contribution in [3.63, 3.8) is 0 Å². The van der Waals surface area contributed by atoms with Crippen molar-refractivity contribution >= 4 is 23.7 Å². The minimum Gasteiger partial charge on any atom is -0.480 e. The molecule has 0 spiro atoms. The summed E-state index contributed by atoms with van der Waals surface area (Å²) in [5.74, 6) is -2.76. The van der Waals surface area contributed by atoms with Crippen LogP contribution in [0.25, 0.3) is 0 Å². The molecule has 9 heteroatoms. The molecule has 0 radical (unpaired) electrons. The fourth-order valence-electron chi connectivity index (χ4n) is 2.77. The molecule has 0 aromatic rings. The van der Waals surface area contributed by atoms with Gasteiger partial charge in [0.05, 0.1) is 12.5 Å². The fourth-order valence-corrected chi connectivity index (χ4v) is 2.77. The first-order valence-electron chi connectivity index (χ1n) is 8.01. The minimum atomic E-state index is -1.14. The molecule has 1 fully saturated rings. The Morgan fingerprint density at radius 1 is 1.29 bits per heavy atom. The van der Waals surface area contributed by atoms with Crippen LogP contribution in [0.4, 0.5) is 0 Å². The van der Waals surface area contributed by atoms with Crippen molar-refractivity contribution in [1.82, 2.24) is 10.2 Å². The van der Waals surface area contributed by atoms with Crippen LogP contribution in [-0.2, 0) is 19.2 Å². The van der Waals surface area contributed by atoms with E-state index in [2.05, 4.69) is 5.32 Å². The molecule has 0 bridgehead atoms.